The summed E-state index contributed by atoms with van der Waals surface area (Å²) in [6.45, 7) is 5.73. The van der Waals surface area contributed by atoms with E-state index in [4.69, 9.17) is 4.74 Å². The number of hydrogen-bond acceptors (Lipinski definition) is 5. The Morgan fingerprint density at radius 3 is 2.28 bits per heavy atom. The fourth-order valence-electron chi connectivity index (χ4n) is 4.71. The molecule has 1 aromatic heterocycles. The van der Waals surface area contributed by atoms with Gasteiger partial charge in [0.2, 0.25) is 11.9 Å². The van der Waals surface area contributed by atoms with Crippen molar-refractivity contribution in [2.45, 2.75) is 58.5 Å². The van der Waals surface area contributed by atoms with Gasteiger partial charge in [0, 0.05) is 26.6 Å². The van der Waals surface area contributed by atoms with E-state index in [0.29, 0.717) is 17.9 Å². The lowest BCUT2D eigenvalue weighted by Crippen LogP contribution is -2.53. The molecule has 1 saturated heterocycles. The van der Waals surface area contributed by atoms with Crippen LogP contribution < -0.4 is 10.2 Å². The number of amides is 1. The van der Waals surface area contributed by atoms with E-state index in [9.17, 15) is 4.79 Å². The van der Waals surface area contributed by atoms with E-state index in [2.05, 4.69) is 20.2 Å². The number of rotatable bonds is 5. The second kappa shape index (κ2) is 6.24. The first-order chi connectivity index (χ1) is 12.0. The van der Waals surface area contributed by atoms with Gasteiger partial charge in [0.05, 0.1) is 23.2 Å². The maximum absolute atomic E-state index is 12.4. The molecule has 1 aliphatic heterocycles. The highest BCUT2D eigenvalue weighted by molar-refractivity contribution is 5.92. The topological polar surface area (TPSA) is 67.3 Å². The van der Waals surface area contributed by atoms with Crippen molar-refractivity contribution >= 4 is 17.5 Å². The Bertz CT molecular complexity index is 642. The molecule has 2 bridgehead atoms. The molecule has 3 aliphatic carbocycles. The molecule has 5 rings (SSSR count). The summed E-state index contributed by atoms with van der Waals surface area (Å²) in [7, 11) is 1.77. The predicted octanol–water partition coefficient (Wildman–Crippen LogP) is 2.84. The van der Waals surface area contributed by atoms with E-state index in [1.807, 2.05) is 13.8 Å². The number of nitrogens with zero attached hydrogens (tertiary/aromatic N) is 3. The van der Waals surface area contributed by atoms with E-state index < -0.39 is 0 Å². The number of aryl methyl sites for hydroxylation is 2. The number of piperidine rings is 1. The van der Waals surface area contributed by atoms with Crippen molar-refractivity contribution in [3.63, 3.8) is 0 Å². The van der Waals surface area contributed by atoms with Crippen LogP contribution in [-0.2, 0) is 9.53 Å². The molecule has 0 spiro atoms. The second-order valence-corrected chi connectivity index (χ2v) is 8.19. The highest BCUT2D eigenvalue weighted by Crippen LogP contribution is 2.66. The number of nitrogens with one attached hydrogen (secondary N) is 1. The monoisotopic (exact) mass is 344 g/mol. The first-order valence-corrected chi connectivity index (χ1v) is 9.41. The summed E-state index contributed by atoms with van der Waals surface area (Å²) in [6, 6.07) is 0. The van der Waals surface area contributed by atoms with Gasteiger partial charge in [0.25, 0.3) is 0 Å². The molecule has 1 N–H and O–H groups in total. The maximum Gasteiger partial charge on any atom is 0.225 e. The molecule has 25 heavy (non-hydrogen) atoms. The molecule has 6 heteroatoms. The summed E-state index contributed by atoms with van der Waals surface area (Å²) in [5, 5.41) is 3.07. The van der Waals surface area contributed by atoms with Crippen LogP contribution in [-0.4, -0.2) is 42.2 Å². The SMILES string of the molecule is COC1CCN(c2nc(C)c(NC(=O)CC34CC(C3)C4)c(C)n2)CC1. The van der Waals surface area contributed by atoms with Gasteiger partial charge in [-0.2, -0.15) is 0 Å². The van der Waals surface area contributed by atoms with Gasteiger partial charge in [-0.1, -0.05) is 0 Å². The number of aromatic nitrogens is 2. The molecule has 6 nitrogen and oxygen atoms in total. The average Bonchev–Trinajstić information content (AvgIpc) is 2.53. The van der Waals surface area contributed by atoms with Crippen LogP contribution in [0.1, 0.15) is 49.9 Å². The maximum atomic E-state index is 12.4. The van der Waals surface area contributed by atoms with Gasteiger partial charge in [0.1, 0.15) is 0 Å². The zero-order chi connectivity index (χ0) is 17.6. The third-order valence-corrected chi connectivity index (χ3v) is 6.28. The molecule has 2 heterocycles. The van der Waals surface area contributed by atoms with E-state index in [0.717, 1.165) is 54.9 Å². The number of methoxy groups -OCH3 is 1. The third kappa shape index (κ3) is 3.12. The zero-order valence-corrected chi connectivity index (χ0v) is 15.5. The minimum atomic E-state index is 0.113. The summed E-state index contributed by atoms with van der Waals surface area (Å²) in [5.74, 6) is 1.78. The van der Waals surface area contributed by atoms with Gasteiger partial charge in [-0.15, -0.1) is 0 Å². The molecule has 4 aliphatic rings. The fourth-order valence-corrected chi connectivity index (χ4v) is 4.71. The van der Waals surface area contributed by atoms with Crippen LogP contribution in [0.4, 0.5) is 11.6 Å². The molecule has 136 valence electrons. The lowest BCUT2D eigenvalue weighted by molar-refractivity contribution is -0.139. The molecule has 0 aromatic carbocycles. The Hall–Kier alpha value is -1.69. The molecule has 0 unspecified atom stereocenters. The summed E-state index contributed by atoms with van der Waals surface area (Å²) in [5.41, 5.74) is 2.81. The highest BCUT2D eigenvalue weighted by Gasteiger charge is 2.56. The van der Waals surface area contributed by atoms with Gasteiger partial charge >= 0.3 is 0 Å². The molecule has 1 aromatic rings. The van der Waals surface area contributed by atoms with Gasteiger partial charge < -0.3 is 15.0 Å². The molecule has 1 amide bonds. The van der Waals surface area contributed by atoms with Gasteiger partial charge in [0.15, 0.2) is 0 Å². The Labute approximate surface area is 149 Å². The minimum Gasteiger partial charge on any atom is -0.381 e. The van der Waals surface area contributed by atoms with Crippen molar-refractivity contribution in [1.82, 2.24) is 9.97 Å². The zero-order valence-electron chi connectivity index (χ0n) is 15.5. The number of anilines is 2. The van der Waals surface area contributed by atoms with Crippen LogP contribution in [0.2, 0.25) is 0 Å². The van der Waals surface area contributed by atoms with Gasteiger partial charge in [-0.3, -0.25) is 4.79 Å². The van der Waals surface area contributed by atoms with Crippen LogP contribution >= 0.6 is 0 Å². The van der Waals surface area contributed by atoms with E-state index >= 15 is 0 Å². The summed E-state index contributed by atoms with van der Waals surface area (Å²) < 4.78 is 5.43. The van der Waals surface area contributed by atoms with Crippen LogP contribution in [0.5, 0.6) is 0 Å². The second-order valence-electron chi connectivity index (χ2n) is 8.19. The number of carbonyl (C=O) groups excluding carboxylic acids is 1. The average molecular weight is 344 g/mol. The molecule has 4 fully saturated rings. The number of carbonyl (C=O) groups is 1. The summed E-state index contributed by atoms with van der Waals surface area (Å²) >= 11 is 0. The summed E-state index contributed by atoms with van der Waals surface area (Å²) in [4.78, 5) is 23.9. The predicted molar refractivity (Wildman–Crippen MR) is 96.8 cm³/mol. The molecular formula is C19H28N4O2. The molecule has 0 radical (unpaired) electrons. The molecule has 3 saturated carbocycles. The Balaban J connectivity index is 1.42. The highest BCUT2D eigenvalue weighted by atomic mass is 16.5. The summed E-state index contributed by atoms with van der Waals surface area (Å²) in [6.07, 6.45) is 6.71. The molecule has 0 atom stereocenters. The lowest BCUT2D eigenvalue weighted by atomic mass is 9.43. The van der Waals surface area contributed by atoms with Crippen molar-refractivity contribution in [3.05, 3.63) is 11.4 Å². The first-order valence-electron chi connectivity index (χ1n) is 9.41. The lowest BCUT2D eigenvalue weighted by Gasteiger charge is -2.61. The van der Waals surface area contributed by atoms with E-state index in [1.165, 1.54) is 19.3 Å². The standard InChI is InChI=1S/C19H28N4O2/c1-12-17(22-16(24)11-19-8-14(9-19)10-19)13(2)21-18(20-12)23-6-4-15(25-3)5-7-23/h14-15H,4-11H2,1-3H3,(H,22,24). The van der Waals surface area contributed by atoms with Crippen molar-refractivity contribution in [1.29, 1.82) is 0 Å². The van der Waals surface area contributed by atoms with Gasteiger partial charge in [-0.25, -0.2) is 9.97 Å². The normalized spacial score (nSPS) is 28.3. The Morgan fingerprint density at radius 2 is 1.80 bits per heavy atom. The first kappa shape index (κ1) is 16.8. The van der Waals surface area contributed by atoms with Crippen molar-refractivity contribution in [2.24, 2.45) is 11.3 Å². The van der Waals surface area contributed by atoms with Crippen LogP contribution in [0.3, 0.4) is 0 Å². The third-order valence-electron chi connectivity index (χ3n) is 6.28. The smallest absolute Gasteiger partial charge is 0.225 e. The number of hydrogen-bond donors (Lipinski definition) is 1. The molecular weight excluding hydrogens is 316 g/mol. The van der Waals surface area contributed by atoms with Crippen molar-refractivity contribution < 1.29 is 9.53 Å². The Morgan fingerprint density at radius 1 is 1.20 bits per heavy atom. The van der Waals surface area contributed by atoms with E-state index in [-0.39, 0.29) is 5.91 Å². The quantitative estimate of drug-likeness (QED) is 0.890. The fraction of sp³-hybridized carbons (Fsp3) is 0.737. The van der Waals surface area contributed by atoms with E-state index in [1.54, 1.807) is 7.11 Å². The number of ether oxygens (including phenoxy) is 1. The minimum absolute atomic E-state index is 0.113. The van der Waals surface area contributed by atoms with Crippen LogP contribution in [0.15, 0.2) is 0 Å². The van der Waals surface area contributed by atoms with Crippen molar-refractivity contribution in [3.8, 4) is 0 Å². The van der Waals surface area contributed by atoms with Gasteiger partial charge in [-0.05, 0) is 57.3 Å². The van der Waals surface area contributed by atoms with Crippen LogP contribution in [0, 0.1) is 25.2 Å². The Kier molecular flexibility index (Phi) is 4.18. The van der Waals surface area contributed by atoms with Crippen LogP contribution in [0.25, 0.3) is 0 Å². The van der Waals surface area contributed by atoms with Crippen molar-refractivity contribution in [2.75, 3.05) is 30.4 Å². The largest absolute Gasteiger partial charge is 0.381 e.